The van der Waals surface area contributed by atoms with Crippen molar-refractivity contribution in [2.24, 2.45) is 28.6 Å². The molecule has 4 heterocycles. The highest BCUT2D eigenvalue weighted by Gasteiger charge is 2.63. The molecule has 0 unspecified atom stereocenters. The number of nitrogens with one attached hydrogen (secondary N) is 1. The van der Waals surface area contributed by atoms with Crippen molar-refractivity contribution in [3.05, 3.63) is 42.5 Å². The summed E-state index contributed by atoms with van der Waals surface area (Å²) in [6.07, 6.45) is 9.10. The largest absolute Gasteiger partial charge is 0.491 e. The van der Waals surface area contributed by atoms with E-state index in [4.69, 9.17) is 23.9 Å². The van der Waals surface area contributed by atoms with Crippen LogP contribution >= 0.6 is 0 Å². The number of fused-ring (bicyclic) bond motifs is 5. The van der Waals surface area contributed by atoms with E-state index in [0.717, 1.165) is 74.7 Å². The van der Waals surface area contributed by atoms with Crippen LogP contribution in [0.25, 0.3) is 10.9 Å². The van der Waals surface area contributed by atoms with Crippen LogP contribution in [0.2, 0.25) is 0 Å². The zero-order chi connectivity index (χ0) is 48.4. The molecule has 3 aliphatic heterocycles. The van der Waals surface area contributed by atoms with Crippen LogP contribution in [-0.4, -0.2) is 141 Å². The number of allylic oxidation sites excluding steroid dienone is 1. The minimum absolute atomic E-state index is 0.0382. The normalized spacial score (nSPS) is 29.2. The number of carbonyl (C=O) groups is 4. The lowest BCUT2D eigenvalue weighted by Crippen LogP contribution is -2.49. The zero-order valence-corrected chi connectivity index (χ0v) is 41.9. The number of carbonyl (C=O) groups excluding carboxylic acids is 4. The molecule has 2 amide bonds. The average molecular weight is 962 g/mol. The summed E-state index contributed by atoms with van der Waals surface area (Å²) in [7, 11) is -0.0803. The van der Waals surface area contributed by atoms with Crippen molar-refractivity contribution in [3.8, 4) is 11.6 Å². The number of aromatic nitrogens is 1. The van der Waals surface area contributed by atoms with E-state index in [2.05, 4.69) is 21.1 Å². The molecule has 5 fully saturated rings. The van der Waals surface area contributed by atoms with E-state index in [-0.39, 0.29) is 55.9 Å². The Balaban J connectivity index is 1.10. The van der Waals surface area contributed by atoms with Gasteiger partial charge in [0, 0.05) is 37.9 Å². The fourth-order valence-corrected chi connectivity index (χ4v) is 12.9. The maximum absolute atomic E-state index is 15.2. The minimum atomic E-state index is -4.09. The number of rotatable bonds is 14. The first-order valence-electron chi connectivity index (χ1n) is 25.3. The summed E-state index contributed by atoms with van der Waals surface area (Å²) in [4.78, 5) is 69.4. The van der Waals surface area contributed by atoms with Crippen LogP contribution in [0.15, 0.2) is 36.9 Å². The van der Waals surface area contributed by atoms with Crippen molar-refractivity contribution < 1.29 is 46.5 Å². The SMILES string of the molecule is C=C[C@@H]1C[C@]1(CC(=O)[C@@H]1C[C@@H]2CN1C(=O)[C@H](C(C)(C)C)CC(=O)O[C@@H]1CCC[C@H]1CCCCCc1c(nc3ccccc3c1OCCN(C)C)O2)C(=O)NS(=O)(=O)C1(CCN2CCOCC2)CC1. The zero-order valence-electron chi connectivity index (χ0n) is 41.1. The van der Waals surface area contributed by atoms with E-state index in [1.807, 2.05) is 59.1 Å². The molecule has 2 bridgehead atoms. The lowest BCUT2D eigenvalue weighted by atomic mass is 9.77. The Kier molecular flexibility index (Phi) is 15.3. The molecule has 1 aromatic carbocycles. The first-order valence-corrected chi connectivity index (χ1v) is 26.8. The summed E-state index contributed by atoms with van der Waals surface area (Å²) in [6.45, 7) is 14.1. The van der Waals surface area contributed by atoms with Gasteiger partial charge in [0.25, 0.3) is 0 Å². The molecular weight excluding hydrogens is 887 g/mol. The molecule has 68 heavy (non-hydrogen) atoms. The van der Waals surface area contributed by atoms with Gasteiger partial charge in [-0.15, -0.1) is 6.58 Å². The number of sulfonamides is 1. The predicted octanol–water partition coefficient (Wildman–Crippen LogP) is 6.26. The lowest BCUT2D eigenvalue weighted by molar-refractivity contribution is -0.158. The van der Waals surface area contributed by atoms with Crippen LogP contribution < -0.4 is 14.2 Å². The van der Waals surface area contributed by atoms with E-state index in [1.165, 1.54) is 0 Å². The van der Waals surface area contributed by atoms with Crippen LogP contribution in [0.4, 0.5) is 0 Å². The molecule has 2 saturated heterocycles. The van der Waals surface area contributed by atoms with Gasteiger partial charge in [0.15, 0.2) is 5.78 Å². The topological polar surface area (TPSA) is 174 Å². The smallest absolute Gasteiger partial charge is 0.306 e. The number of hydrogen-bond acceptors (Lipinski definition) is 13. The van der Waals surface area contributed by atoms with Gasteiger partial charge < -0.3 is 28.7 Å². The summed E-state index contributed by atoms with van der Waals surface area (Å²) < 4.78 is 54.7. The molecule has 0 radical (unpaired) electrons. The van der Waals surface area contributed by atoms with Crippen molar-refractivity contribution in [3.63, 3.8) is 0 Å². The van der Waals surface area contributed by atoms with Gasteiger partial charge in [-0.3, -0.25) is 28.8 Å². The molecule has 1 N–H and O–H groups in total. The Morgan fingerprint density at radius 1 is 1.03 bits per heavy atom. The predicted molar refractivity (Wildman–Crippen MR) is 259 cm³/mol. The van der Waals surface area contributed by atoms with Crippen LogP contribution in [0.5, 0.6) is 11.6 Å². The average Bonchev–Trinajstić information content (AvgIpc) is 4.15. The number of likely N-dealkylation sites (N-methyl/N-ethyl adjacent to an activating group) is 1. The third kappa shape index (κ3) is 11.1. The number of nitrogens with zero attached hydrogens (tertiary/aromatic N) is 4. The summed E-state index contributed by atoms with van der Waals surface area (Å²) >= 11 is 0. The van der Waals surface area contributed by atoms with Gasteiger partial charge >= 0.3 is 5.97 Å². The van der Waals surface area contributed by atoms with Crippen LogP contribution in [-0.2, 0) is 45.1 Å². The standard InChI is InChI=1S/C52H75N5O10S/c1-7-36-32-52(36,49(61)54-68(62,63)51(20-21-51)22-23-56-25-27-64-28-26-56)33-43(58)42-30-37-34-57(42)48(60)40(50(2,3)4)31-45(59)67-44-19-13-15-35(44)14-9-8-10-17-39-46(65-29-24-55(5)6)38-16-11-12-18-41(38)53-47(39)66-37/h7,11-12,16,18,35-37,40,42,44H,1,8-10,13-15,17,19-34H2,2-6H3,(H,54,61)/t35-,36-,37-,40-,42+,44-,52-/m1/s1. The number of ether oxygens (including phenoxy) is 4. The Bertz CT molecular complexity index is 2310. The lowest BCUT2D eigenvalue weighted by Gasteiger charge is -2.35. The molecule has 3 aliphatic carbocycles. The Morgan fingerprint density at radius 2 is 1.78 bits per heavy atom. The molecule has 15 nitrogen and oxygen atoms in total. The Labute approximate surface area is 403 Å². The number of amides is 2. The van der Waals surface area contributed by atoms with E-state index in [0.29, 0.717) is 70.0 Å². The van der Waals surface area contributed by atoms with Crippen LogP contribution in [0.1, 0.15) is 116 Å². The van der Waals surface area contributed by atoms with E-state index in [1.54, 1.807) is 11.0 Å². The molecular formula is C52H75N5O10S. The highest BCUT2D eigenvalue weighted by molar-refractivity contribution is 7.91. The molecule has 16 heteroatoms. The van der Waals surface area contributed by atoms with E-state index in [9.17, 15) is 18.0 Å². The number of morpholine rings is 1. The summed E-state index contributed by atoms with van der Waals surface area (Å²) in [5.41, 5.74) is -0.487. The molecule has 1 aromatic heterocycles. The van der Waals surface area contributed by atoms with Gasteiger partial charge in [0.1, 0.15) is 24.6 Å². The van der Waals surface area contributed by atoms with Crippen molar-refractivity contribution in [1.29, 1.82) is 0 Å². The number of benzene rings is 1. The Hall–Kier alpha value is -4.12. The fourth-order valence-electron chi connectivity index (χ4n) is 11.3. The second kappa shape index (κ2) is 20.7. The molecule has 2 aromatic rings. The molecule has 8 rings (SSSR count). The second-order valence-electron chi connectivity index (χ2n) is 22.0. The maximum Gasteiger partial charge on any atom is 0.306 e. The molecule has 374 valence electrons. The summed E-state index contributed by atoms with van der Waals surface area (Å²) in [5.74, 6) is -1.75. The minimum Gasteiger partial charge on any atom is -0.491 e. The summed E-state index contributed by atoms with van der Waals surface area (Å²) in [6, 6.07) is 6.81. The third-order valence-electron chi connectivity index (χ3n) is 15.9. The third-order valence-corrected chi connectivity index (χ3v) is 18.1. The molecule has 3 saturated carbocycles. The highest BCUT2D eigenvalue weighted by atomic mass is 32.2. The van der Waals surface area contributed by atoms with Gasteiger partial charge in [0.2, 0.25) is 27.7 Å². The number of esters is 1. The van der Waals surface area contributed by atoms with Gasteiger partial charge in [-0.25, -0.2) is 13.4 Å². The van der Waals surface area contributed by atoms with Crippen LogP contribution in [0, 0.1) is 28.6 Å². The monoisotopic (exact) mass is 962 g/mol. The van der Waals surface area contributed by atoms with E-state index >= 15 is 9.59 Å². The quantitative estimate of drug-likeness (QED) is 0.166. The van der Waals surface area contributed by atoms with Crippen LogP contribution in [0.3, 0.4) is 0 Å². The van der Waals surface area contributed by atoms with E-state index < -0.39 is 61.5 Å². The second-order valence-corrected chi connectivity index (χ2v) is 24.1. The number of para-hydroxylation sites is 1. The first-order chi connectivity index (χ1) is 32.4. The number of Topliss-reactive ketones (excluding diaryl/α,β-unsaturated/α-hetero) is 1. The molecule has 6 aliphatic rings. The van der Waals surface area contributed by atoms with Gasteiger partial charge in [-0.1, -0.05) is 51.8 Å². The number of hydrogen-bond donors (Lipinski definition) is 1. The van der Waals surface area contributed by atoms with Gasteiger partial charge in [-0.05, 0) is 114 Å². The fraction of sp³-hybridized carbons (Fsp3) is 0.712. The van der Waals surface area contributed by atoms with Crippen molar-refractivity contribution in [2.45, 2.75) is 140 Å². The highest BCUT2D eigenvalue weighted by Crippen LogP contribution is 2.57. The van der Waals surface area contributed by atoms with Crippen molar-refractivity contribution in [1.82, 2.24) is 24.4 Å². The number of ketones is 1. The maximum atomic E-state index is 15.2. The van der Waals surface area contributed by atoms with Gasteiger partial charge in [-0.2, -0.15) is 0 Å². The van der Waals surface area contributed by atoms with Gasteiger partial charge in [0.05, 0.1) is 59.4 Å². The number of pyridine rings is 1. The molecule has 7 atom stereocenters. The molecule has 0 spiro atoms. The van der Waals surface area contributed by atoms with Crippen molar-refractivity contribution >= 4 is 44.5 Å². The van der Waals surface area contributed by atoms with Crippen molar-refractivity contribution in [2.75, 3.05) is 66.6 Å². The summed E-state index contributed by atoms with van der Waals surface area (Å²) in [5, 5.41) is 0.882. The Morgan fingerprint density at radius 3 is 2.49 bits per heavy atom. The first kappa shape index (κ1) is 50.3.